The number of pyridine rings is 2. The number of halogens is 1. The van der Waals surface area contributed by atoms with Crippen molar-refractivity contribution in [3.63, 3.8) is 0 Å². The number of carbonyl (C=O) groups is 1. The molecule has 3 rings (SSSR count). The van der Waals surface area contributed by atoms with E-state index < -0.39 is 5.95 Å². The van der Waals surface area contributed by atoms with Gasteiger partial charge in [0.05, 0.1) is 11.3 Å². The summed E-state index contributed by atoms with van der Waals surface area (Å²) >= 11 is 0. The smallest absolute Gasteiger partial charge is 0.261 e. The molecule has 0 fully saturated rings. The van der Waals surface area contributed by atoms with Gasteiger partial charge < -0.3 is 9.80 Å². The average molecular weight is 296 g/mol. The van der Waals surface area contributed by atoms with Crippen molar-refractivity contribution < 1.29 is 9.18 Å². The van der Waals surface area contributed by atoms with E-state index >= 15 is 0 Å². The third-order valence-corrected chi connectivity index (χ3v) is 3.58. The van der Waals surface area contributed by atoms with Gasteiger partial charge in [0.15, 0.2) is 5.82 Å². The molecule has 0 spiro atoms. The number of aromatic nitrogens is 2. The maximum atomic E-state index is 13.6. The summed E-state index contributed by atoms with van der Waals surface area (Å²) in [6.07, 6.45) is 6.90. The Morgan fingerprint density at radius 3 is 2.82 bits per heavy atom. The zero-order valence-corrected chi connectivity index (χ0v) is 12.2. The Hall–Kier alpha value is -2.94. The van der Waals surface area contributed by atoms with E-state index in [9.17, 15) is 9.18 Å². The molecule has 0 saturated carbocycles. The standard InChI is InChI=1S/C16H13FN4O/c1-4-10-8-11-14(18-9-10)21(5-2)15-12(20(3)16(11)22)6-7-13(17)19-15/h1,6-9H,5H2,2-3H3. The fourth-order valence-electron chi connectivity index (χ4n) is 2.48. The van der Waals surface area contributed by atoms with E-state index in [0.29, 0.717) is 35.0 Å². The predicted molar refractivity (Wildman–Crippen MR) is 81.8 cm³/mol. The summed E-state index contributed by atoms with van der Waals surface area (Å²) in [6, 6.07) is 4.38. The maximum Gasteiger partial charge on any atom is 0.261 e. The molecule has 2 aromatic rings. The Bertz CT molecular complexity index is 812. The number of anilines is 3. The number of rotatable bonds is 1. The first-order chi connectivity index (χ1) is 10.6. The second-order valence-electron chi connectivity index (χ2n) is 4.82. The van der Waals surface area contributed by atoms with Crippen molar-refractivity contribution in [2.75, 3.05) is 23.4 Å². The van der Waals surface area contributed by atoms with Crippen molar-refractivity contribution in [1.29, 1.82) is 0 Å². The third-order valence-electron chi connectivity index (χ3n) is 3.58. The Morgan fingerprint density at radius 1 is 1.36 bits per heavy atom. The molecule has 1 aliphatic heterocycles. The van der Waals surface area contributed by atoms with Gasteiger partial charge in [-0.3, -0.25) is 4.79 Å². The molecule has 0 unspecified atom stereocenters. The number of nitrogens with zero attached hydrogens (tertiary/aromatic N) is 4. The monoisotopic (exact) mass is 296 g/mol. The van der Waals surface area contributed by atoms with Crippen LogP contribution >= 0.6 is 0 Å². The van der Waals surface area contributed by atoms with E-state index in [-0.39, 0.29) is 5.91 Å². The van der Waals surface area contributed by atoms with Crippen molar-refractivity contribution in [1.82, 2.24) is 9.97 Å². The number of hydrogen-bond acceptors (Lipinski definition) is 4. The van der Waals surface area contributed by atoms with Gasteiger partial charge in [0.1, 0.15) is 5.82 Å². The summed E-state index contributed by atoms with van der Waals surface area (Å²) in [4.78, 5) is 24.0. The van der Waals surface area contributed by atoms with Crippen molar-refractivity contribution in [3.8, 4) is 12.3 Å². The van der Waals surface area contributed by atoms with Gasteiger partial charge in [-0.25, -0.2) is 4.98 Å². The molecule has 0 bridgehead atoms. The summed E-state index contributed by atoms with van der Waals surface area (Å²) < 4.78 is 13.6. The van der Waals surface area contributed by atoms with Gasteiger partial charge in [0.2, 0.25) is 5.95 Å². The quantitative estimate of drug-likeness (QED) is 0.599. The third kappa shape index (κ3) is 1.99. The van der Waals surface area contributed by atoms with E-state index in [1.807, 2.05) is 6.92 Å². The molecular formula is C16H13FN4O. The van der Waals surface area contributed by atoms with Crippen LogP contribution in [0.5, 0.6) is 0 Å². The highest BCUT2D eigenvalue weighted by atomic mass is 19.1. The largest absolute Gasteiger partial charge is 0.309 e. The molecule has 3 heterocycles. The van der Waals surface area contributed by atoms with Crippen LogP contribution in [0, 0.1) is 18.3 Å². The summed E-state index contributed by atoms with van der Waals surface area (Å²) in [6.45, 7) is 2.37. The van der Waals surface area contributed by atoms with Gasteiger partial charge in [0.25, 0.3) is 5.91 Å². The SMILES string of the molecule is C#Cc1cnc2c(c1)C(=O)N(C)c1ccc(F)nc1N2CC. The average Bonchev–Trinajstić information content (AvgIpc) is 2.62. The molecule has 0 N–H and O–H groups in total. The first-order valence-corrected chi connectivity index (χ1v) is 6.75. The molecule has 1 amide bonds. The molecule has 6 heteroatoms. The number of carbonyl (C=O) groups excluding carboxylic acids is 1. The number of fused-ring (bicyclic) bond motifs is 2. The summed E-state index contributed by atoms with van der Waals surface area (Å²) in [5.41, 5.74) is 1.41. The van der Waals surface area contributed by atoms with Gasteiger partial charge in [-0.15, -0.1) is 6.42 Å². The predicted octanol–water partition coefficient (Wildman–Crippen LogP) is 2.34. The second kappa shape index (κ2) is 5.11. The highest BCUT2D eigenvalue weighted by molar-refractivity contribution is 6.12. The minimum absolute atomic E-state index is 0.259. The minimum atomic E-state index is -0.609. The van der Waals surface area contributed by atoms with E-state index in [4.69, 9.17) is 6.42 Å². The highest BCUT2D eigenvalue weighted by Crippen LogP contribution is 2.37. The molecule has 0 aromatic carbocycles. The van der Waals surface area contributed by atoms with Crippen LogP contribution < -0.4 is 9.80 Å². The molecule has 0 aliphatic carbocycles. The number of amides is 1. The molecule has 5 nitrogen and oxygen atoms in total. The zero-order chi connectivity index (χ0) is 15.9. The lowest BCUT2D eigenvalue weighted by Crippen LogP contribution is -2.25. The van der Waals surface area contributed by atoms with Crippen LogP contribution in [0.4, 0.5) is 21.7 Å². The van der Waals surface area contributed by atoms with Gasteiger partial charge in [-0.05, 0) is 25.1 Å². The number of hydrogen-bond donors (Lipinski definition) is 0. The molecule has 22 heavy (non-hydrogen) atoms. The Morgan fingerprint density at radius 2 is 2.14 bits per heavy atom. The summed E-state index contributed by atoms with van der Waals surface area (Å²) in [5, 5.41) is 0. The van der Waals surface area contributed by atoms with Crippen LogP contribution in [0.3, 0.4) is 0 Å². The van der Waals surface area contributed by atoms with E-state index in [1.54, 1.807) is 18.0 Å². The van der Waals surface area contributed by atoms with E-state index in [2.05, 4.69) is 15.9 Å². The molecule has 1 aliphatic rings. The Labute approximate surface area is 127 Å². The highest BCUT2D eigenvalue weighted by Gasteiger charge is 2.30. The molecule has 2 aromatic heterocycles. The van der Waals surface area contributed by atoms with Crippen LogP contribution in [-0.4, -0.2) is 29.5 Å². The van der Waals surface area contributed by atoms with Crippen LogP contribution in [0.25, 0.3) is 0 Å². The van der Waals surface area contributed by atoms with Crippen LogP contribution in [0.15, 0.2) is 24.4 Å². The van der Waals surface area contributed by atoms with Crippen molar-refractivity contribution >= 4 is 23.2 Å². The lowest BCUT2D eigenvalue weighted by Gasteiger charge is -2.22. The first kappa shape index (κ1) is 14.0. The normalized spacial score (nSPS) is 13.3. The van der Waals surface area contributed by atoms with Crippen LogP contribution in [0.1, 0.15) is 22.8 Å². The van der Waals surface area contributed by atoms with Crippen LogP contribution in [-0.2, 0) is 0 Å². The zero-order valence-electron chi connectivity index (χ0n) is 12.2. The topological polar surface area (TPSA) is 49.3 Å². The first-order valence-electron chi connectivity index (χ1n) is 6.75. The van der Waals surface area contributed by atoms with Crippen LogP contribution in [0.2, 0.25) is 0 Å². The minimum Gasteiger partial charge on any atom is -0.309 e. The lowest BCUT2D eigenvalue weighted by molar-refractivity contribution is 0.0994. The van der Waals surface area contributed by atoms with E-state index in [0.717, 1.165) is 0 Å². The summed E-state index contributed by atoms with van der Waals surface area (Å²) in [7, 11) is 1.62. The fourth-order valence-corrected chi connectivity index (χ4v) is 2.48. The molecule has 0 saturated heterocycles. The fraction of sp³-hybridized carbons (Fsp3) is 0.188. The van der Waals surface area contributed by atoms with Crippen molar-refractivity contribution in [2.24, 2.45) is 0 Å². The maximum absolute atomic E-state index is 13.6. The van der Waals surface area contributed by atoms with Gasteiger partial charge in [-0.1, -0.05) is 5.92 Å². The number of terminal acetylenes is 1. The van der Waals surface area contributed by atoms with Crippen molar-refractivity contribution in [2.45, 2.75) is 6.92 Å². The molecular weight excluding hydrogens is 283 g/mol. The second-order valence-corrected chi connectivity index (χ2v) is 4.82. The summed E-state index contributed by atoms with van der Waals surface area (Å²) in [5.74, 6) is 2.39. The Balaban J connectivity index is 2.32. The van der Waals surface area contributed by atoms with E-state index in [1.165, 1.54) is 23.2 Å². The molecule has 0 atom stereocenters. The van der Waals surface area contributed by atoms with Gasteiger partial charge >= 0.3 is 0 Å². The Kier molecular flexibility index (Phi) is 3.26. The van der Waals surface area contributed by atoms with Gasteiger partial charge in [-0.2, -0.15) is 9.37 Å². The molecule has 110 valence electrons. The molecule has 0 radical (unpaired) electrons. The van der Waals surface area contributed by atoms with Gasteiger partial charge in [0, 0.05) is 25.4 Å². The lowest BCUT2D eigenvalue weighted by atomic mass is 10.1. The van der Waals surface area contributed by atoms with Crippen molar-refractivity contribution in [3.05, 3.63) is 41.5 Å².